The minimum atomic E-state index is -1.07. The first-order chi connectivity index (χ1) is 8.49. The lowest BCUT2D eigenvalue weighted by Gasteiger charge is -2.06. The number of hydrogen-bond donors (Lipinski definition) is 2. The summed E-state index contributed by atoms with van der Waals surface area (Å²) in [7, 11) is 0. The molecule has 6 heteroatoms. The van der Waals surface area contributed by atoms with Crippen molar-refractivity contribution in [3.8, 4) is 0 Å². The Kier molecular flexibility index (Phi) is 3.29. The first-order valence-electron chi connectivity index (χ1n) is 5.22. The van der Waals surface area contributed by atoms with Crippen LogP contribution >= 0.6 is 11.5 Å². The molecule has 4 nitrogen and oxygen atoms in total. The van der Waals surface area contributed by atoms with Crippen molar-refractivity contribution in [2.24, 2.45) is 0 Å². The summed E-state index contributed by atoms with van der Waals surface area (Å²) >= 11 is 1.00. The predicted molar refractivity (Wildman–Crippen MR) is 68.2 cm³/mol. The van der Waals surface area contributed by atoms with E-state index in [1.165, 1.54) is 6.07 Å². The van der Waals surface area contributed by atoms with Gasteiger partial charge in [0.25, 0.3) is 0 Å². The molecule has 18 heavy (non-hydrogen) atoms. The molecule has 1 aromatic carbocycles. The summed E-state index contributed by atoms with van der Waals surface area (Å²) in [5.41, 5.74) is 1.55. The topological polar surface area (TPSA) is 62.2 Å². The fourth-order valence-corrected chi connectivity index (χ4v) is 2.35. The van der Waals surface area contributed by atoms with Crippen molar-refractivity contribution in [2.45, 2.75) is 13.8 Å². The molecule has 2 rings (SSSR count). The Morgan fingerprint density at radius 2 is 2.17 bits per heavy atom. The van der Waals surface area contributed by atoms with Crippen LogP contribution in [0.5, 0.6) is 0 Å². The highest BCUT2D eigenvalue weighted by atomic mass is 32.1. The van der Waals surface area contributed by atoms with Crippen LogP contribution in [0.1, 0.15) is 21.6 Å². The lowest BCUT2D eigenvalue weighted by molar-refractivity contribution is 0.0697. The van der Waals surface area contributed by atoms with Crippen LogP contribution in [-0.4, -0.2) is 15.4 Å². The van der Waals surface area contributed by atoms with E-state index < -0.39 is 11.8 Å². The standard InChI is InChI=1S/C12H11FN2O2S/c1-6-3-4-9(8(13)5-6)14-11-10(12(16)17)7(2)15-18-11/h3-5,14H,1-2H3,(H,16,17). The van der Waals surface area contributed by atoms with Crippen LogP contribution in [0.2, 0.25) is 0 Å². The molecule has 2 N–H and O–H groups in total. The monoisotopic (exact) mass is 266 g/mol. The molecule has 0 radical (unpaired) electrons. The number of carbonyl (C=O) groups is 1. The predicted octanol–water partition coefficient (Wildman–Crippen LogP) is 3.34. The van der Waals surface area contributed by atoms with Gasteiger partial charge in [-0.25, -0.2) is 9.18 Å². The van der Waals surface area contributed by atoms with Gasteiger partial charge in [-0.15, -0.1) is 0 Å². The van der Waals surface area contributed by atoms with Gasteiger partial charge >= 0.3 is 5.97 Å². The molecule has 0 atom stereocenters. The van der Waals surface area contributed by atoms with Gasteiger partial charge in [-0.1, -0.05) is 6.07 Å². The number of aryl methyl sites for hydroxylation is 2. The highest BCUT2D eigenvalue weighted by Crippen LogP contribution is 2.29. The van der Waals surface area contributed by atoms with Crippen LogP contribution in [-0.2, 0) is 0 Å². The van der Waals surface area contributed by atoms with Crippen molar-refractivity contribution in [1.29, 1.82) is 0 Å². The molecule has 0 bridgehead atoms. The molecule has 0 aliphatic rings. The van der Waals surface area contributed by atoms with Crippen LogP contribution in [0.25, 0.3) is 0 Å². The number of anilines is 2. The minimum absolute atomic E-state index is 0.0833. The fraction of sp³-hybridized carbons (Fsp3) is 0.167. The maximum atomic E-state index is 13.7. The first kappa shape index (κ1) is 12.5. The summed E-state index contributed by atoms with van der Waals surface area (Å²) in [4.78, 5) is 11.1. The number of aromatic carboxylic acids is 1. The number of nitrogens with zero attached hydrogens (tertiary/aromatic N) is 1. The number of hydrogen-bond acceptors (Lipinski definition) is 4. The Bertz CT molecular complexity index is 610. The van der Waals surface area contributed by atoms with E-state index >= 15 is 0 Å². The lowest BCUT2D eigenvalue weighted by atomic mass is 10.2. The Morgan fingerprint density at radius 1 is 1.44 bits per heavy atom. The maximum absolute atomic E-state index is 13.7. The average Bonchev–Trinajstić information content (AvgIpc) is 2.64. The molecule has 2 aromatic rings. The van der Waals surface area contributed by atoms with Crippen molar-refractivity contribution in [1.82, 2.24) is 4.37 Å². The summed E-state index contributed by atoms with van der Waals surface area (Å²) in [6.07, 6.45) is 0. The molecule has 0 aliphatic heterocycles. The Balaban J connectivity index is 2.37. The summed E-state index contributed by atoms with van der Waals surface area (Å²) < 4.78 is 17.6. The van der Waals surface area contributed by atoms with E-state index in [4.69, 9.17) is 5.11 Å². The van der Waals surface area contributed by atoms with Gasteiger partial charge in [-0.2, -0.15) is 4.37 Å². The second-order valence-electron chi connectivity index (χ2n) is 3.89. The highest BCUT2D eigenvalue weighted by Gasteiger charge is 2.18. The molecule has 0 saturated heterocycles. The number of carboxylic acid groups (broad SMARTS) is 1. The van der Waals surface area contributed by atoms with E-state index in [9.17, 15) is 9.18 Å². The van der Waals surface area contributed by atoms with E-state index in [0.29, 0.717) is 10.7 Å². The Hall–Kier alpha value is -1.95. The molecule has 1 heterocycles. The average molecular weight is 266 g/mol. The van der Waals surface area contributed by atoms with Crippen LogP contribution in [0.4, 0.5) is 15.1 Å². The van der Waals surface area contributed by atoms with Crippen molar-refractivity contribution >= 4 is 28.2 Å². The Labute approximate surface area is 107 Å². The van der Waals surface area contributed by atoms with Crippen LogP contribution in [0.3, 0.4) is 0 Å². The zero-order valence-electron chi connectivity index (χ0n) is 9.82. The summed E-state index contributed by atoms with van der Waals surface area (Å²) in [5, 5.41) is 12.2. The molecule has 0 amide bonds. The van der Waals surface area contributed by atoms with Gasteiger partial charge in [0.15, 0.2) is 0 Å². The molecular weight excluding hydrogens is 255 g/mol. The molecular formula is C12H11FN2O2S. The molecule has 1 aromatic heterocycles. The van der Waals surface area contributed by atoms with Crippen LogP contribution in [0, 0.1) is 19.7 Å². The number of nitrogens with one attached hydrogen (secondary N) is 1. The quantitative estimate of drug-likeness (QED) is 0.894. The molecule has 0 saturated carbocycles. The first-order valence-corrected chi connectivity index (χ1v) is 5.99. The molecule has 0 aliphatic carbocycles. The number of benzene rings is 1. The second-order valence-corrected chi connectivity index (χ2v) is 4.66. The highest BCUT2D eigenvalue weighted by molar-refractivity contribution is 7.10. The maximum Gasteiger partial charge on any atom is 0.340 e. The number of halogens is 1. The van der Waals surface area contributed by atoms with E-state index in [2.05, 4.69) is 9.69 Å². The molecule has 0 fully saturated rings. The fourth-order valence-electron chi connectivity index (χ4n) is 1.55. The largest absolute Gasteiger partial charge is 0.478 e. The van der Waals surface area contributed by atoms with E-state index in [1.807, 2.05) is 0 Å². The van der Waals surface area contributed by atoms with Gasteiger partial charge in [0, 0.05) is 0 Å². The molecule has 94 valence electrons. The van der Waals surface area contributed by atoms with Gasteiger partial charge in [0.1, 0.15) is 16.4 Å². The summed E-state index contributed by atoms with van der Waals surface area (Å²) in [5.74, 6) is -1.49. The van der Waals surface area contributed by atoms with Gasteiger partial charge in [-0.3, -0.25) is 0 Å². The van der Waals surface area contributed by atoms with E-state index in [1.54, 1.807) is 26.0 Å². The molecule has 0 unspecified atom stereocenters. The third-order valence-corrected chi connectivity index (χ3v) is 3.30. The zero-order chi connectivity index (χ0) is 13.3. The summed E-state index contributed by atoms with van der Waals surface area (Å²) in [6.45, 7) is 3.39. The third kappa shape index (κ3) is 2.33. The van der Waals surface area contributed by atoms with Crippen molar-refractivity contribution in [3.05, 3.63) is 40.8 Å². The van der Waals surface area contributed by atoms with E-state index in [-0.39, 0.29) is 11.3 Å². The van der Waals surface area contributed by atoms with Crippen molar-refractivity contribution in [3.63, 3.8) is 0 Å². The smallest absolute Gasteiger partial charge is 0.340 e. The van der Waals surface area contributed by atoms with Crippen LogP contribution < -0.4 is 5.32 Å². The minimum Gasteiger partial charge on any atom is -0.478 e. The van der Waals surface area contributed by atoms with Gasteiger partial charge < -0.3 is 10.4 Å². The SMILES string of the molecule is Cc1ccc(Nc2snc(C)c2C(=O)O)c(F)c1. The summed E-state index contributed by atoms with van der Waals surface area (Å²) in [6, 6.07) is 4.71. The third-order valence-electron chi connectivity index (χ3n) is 2.45. The Morgan fingerprint density at radius 3 is 2.78 bits per heavy atom. The lowest BCUT2D eigenvalue weighted by Crippen LogP contribution is -2.02. The second kappa shape index (κ2) is 4.73. The molecule has 0 spiro atoms. The number of rotatable bonds is 3. The van der Waals surface area contributed by atoms with Crippen molar-refractivity contribution < 1.29 is 14.3 Å². The normalized spacial score (nSPS) is 10.4. The number of aromatic nitrogens is 1. The van der Waals surface area contributed by atoms with Crippen molar-refractivity contribution in [2.75, 3.05) is 5.32 Å². The van der Waals surface area contributed by atoms with Gasteiger partial charge in [0.05, 0.1) is 11.4 Å². The van der Waals surface area contributed by atoms with Crippen LogP contribution in [0.15, 0.2) is 18.2 Å². The van der Waals surface area contributed by atoms with Gasteiger partial charge in [0.2, 0.25) is 0 Å². The van der Waals surface area contributed by atoms with E-state index in [0.717, 1.165) is 17.1 Å². The zero-order valence-corrected chi connectivity index (χ0v) is 10.6. The number of carboxylic acids is 1. The van der Waals surface area contributed by atoms with Gasteiger partial charge in [-0.05, 0) is 43.1 Å².